The van der Waals surface area contributed by atoms with Crippen LogP contribution < -0.4 is 9.47 Å². The van der Waals surface area contributed by atoms with Gasteiger partial charge in [0.25, 0.3) is 6.73 Å². The van der Waals surface area contributed by atoms with Crippen molar-refractivity contribution >= 4 is 11.9 Å². The fourth-order valence-corrected chi connectivity index (χ4v) is 2.47. The van der Waals surface area contributed by atoms with E-state index in [0.29, 0.717) is 6.73 Å². The van der Waals surface area contributed by atoms with Gasteiger partial charge >= 0.3 is 0 Å². The highest BCUT2D eigenvalue weighted by molar-refractivity contribution is 5.82. The van der Waals surface area contributed by atoms with Crippen molar-refractivity contribution in [2.45, 2.75) is 13.8 Å². The average Bonchev–Trinajstić information content (AvgIpc) is 2.46. The second kappa shape index (κ2) is 5.00. The number of hydrogen-bond acceptors (Lipinski definition) is 2. The second-order valence-electron chi connectivity index (χ2n) is 5.07. The minimum Gasteiger partial charge on any atom is -0.496 e. The zero-order valence-electron chi connectivity index (χ0n) is 12.0. The lowest BCUT2D eigenvalue weighted by Gasteiger charge is -2.15. The van der Waals surface area contributed by atoms with E-state index in [4.69, 9.17) is 9.47 Å². The first-order valence-corrected chi connectivity index (χ1v) is 6.67. The van der Waals surface area contributed by atoms with Crippen molar-refractivity contribution in [1.82, 2.24) is 0 Å². The van der Waals surface area contributed by atoms with E-state index in [1.165, 1.54) is 11.1 Å². The molecular weight excluding hydrogens is 250 g/mol. The van der Waals surface area contributed by atoms with E-state index in [1.54, 1.807) is 7.11 Å². The standard InChI is InChI=1S/C17H18NO2/c1-12-7-15(9-16(8-12)19-3)18-10-14-6-4-5-13(2)17(14)20-11-18/h4-10H,11H2,1-3H3/q+1. The maximum atomic E-state index is 5.89. The minimum atomic E-state index is 0.518. The van der Waals surface area contributed by atoms with Crippen molar-refractivity contribution in [1.29, 1.82) is 0 Å². The summed E-state index contributed by atoms with van der Waals surface area (Å²) in [6, 6.07) is 12.4. The summed E-state index contributed by atoms with van der Waals surface area (Å²) in [5.74, 6) is 1.84. The molecule has 0 saturated carbocycles. The summed E-state index contributed by atoms with van der Waals surface area (Å²) >= 11 is 0. The molecule has 1 aliphatic rings. The van der Waals surface area contributed by atoms with Crippen LogP contribution in [0.4, 0.5) is 5.69 Å². The summed E-state index contributed by atoms with van der Waals surface area (Å²) < 4.78 is 13.3. The van der Waals surface area contributed by atoms with Gasteiger partial charge in [-0.15, -0.1) is 0 Å². The number of nitrogens with zero attached hydrogens (tertiary/aromatic N) is 1. The number of benzene rings is 2. The van der Waals surface area contributed by atoms with Crippen LogP contribution >= 0.6 is 0 Å². The van der Waals surface area contributed by atoms with Gasteiger partial charge in [-0.05, 0) is 37.1 Å². The molecule has 0 unspecified atom stereocenters. The average molecular weight is 268 g/mol. The number of methoxy groups -OCH3 is 1. The van der Waals surface area contributed by atoms with Gasteiger partial charge in [-0.3, -0.25) is 0 Å². The lowest BCUT2D eigenvalue weighted by Crippen LogP contribution is -2.21. The van der Waals surface area contributed by atoms with E-state index in [9.17, 15) is 0 Å². The maximum absolute atomic E-state index is 5.89. The van der Waals surface area contributed by atoms with Crippen LogP contribution in [0.1, 0.15) is 16.7 Å². The van der Waals surface area contributed by atoms with E-state index in [1.807, 2.05) is 18.2 Å². The molecule has 102 valence electrons. The van der Waals surface area contributed by atoms with Crippen molar-refractivity contribution in [2.75, 3.05) is 13.8 Å². The van der Waals surface area contributed by atoms with Crippen LogP contribution in [0.2, 0.25) is 0 Å². The molecule has 3 heteroatoms. The van der Waals surface area contributed by atoms with Crippen molar-refractivity contribution in [3.8, 4) is 11.5 Å². The molecule has 1 heterocycles. The highest BCUT2D eigenvalue weighted by Gasteiger charge is 2.20. The summed E-state index contributed by atoms with van der Waals surface area (Å²) in [7, 11) is 1.69. The largest absolute Gasteiger partial charge is 0.496 e. The topological polar surface area (TPSA) is 21.5 Å². The molecule has 0 spiro atoms. The predicted molar refractivity (Wildman–Crippen MR) is 79.5 cm³/mol. The lowest BCUT2D eigenvalue weighted by atomic mass is 10.1. The third-order valence-electron chi connectivity index (χ3n) is 3.49. The van der Waals surface area contributed by atoms with Gasteiger partial charge in [0.05, 0.1) is 18.7 Å². The smallest absolute Gasteiger partial charge is 0.292 e. The molecule has 0 fully saturated rings. The van der Waals surface area contributed by atoms with Gasteiger partial charge in [0.15, 0.2) is 6.21 Å². The number of hydrogen-bond donors (Lipinski definition) is 0. The summed E-state index contributed by atoms with van der Waals surface area (Å²) in [6.07, 6.45) is 2.13. The molecule has 1 aliphatic heterocycles. The van der Waals surface area contributed by atoms with Crippen LogP contribution in [0.25, 0.3) is 0 Å². The van der Waals surface area contributed by atoms with E-state index in [2.05, 4.69) is 42.8 Å². The van der Waals surface area contributed by atoms with Gasteiger partial charge in [-0.1, -0.05) is 12.1 Å². The quantitative estimate of drug-likeness (QED) is 0.778. The highest BCUT2D eigenvalue weighted by Crippen LogP contribution is 2.28. The molecule has 0 N–H and O–H groups in total. The molecule has 0 radical (unpaired) electrons. The molecule has 0 saturated heterocycles. The van der Waals surface area contributed by atoms with Gasteiger partial charge in [0.1, 0.15) is 11.5 Å². The van der Waals surface area contributed by atoms with Crippen LogP contribution in [0, 0.1) is 13.8 Å². The SMILES string of the molecule is COc1cc(C)cc([N+]2=Cc3cccc(C)c3OC2)c1. The van der Waals surface area contributed by atoms with Crippen molar-refractivity contribution in [3.05, 3.63) is 53.1 Å². The van der Waals surface area contributed by atoms with Crippen molar-refractivity contribution < 1.29 is 14.0 Å². The van der Waals surface area contributed by atoms with E-state index in [0.717, 1.165) is 22.7 Å². The first kappa shape index (κ1) is 12.7. The molecule has 0 aromatic heterocycles. The van der Waals surface area contributed by atoms with Gasteiger partial charge in [-0.2, -0.15) is 4.58 Å². The van der Waals surface area contributed by atoms with E-state index >= 15 is 0 Å². The molecule has 3 rings (SSSR count). The Morgan fingerprint density at radius 3 is 2.80 bits per heavy atom. The zero-order chi connectivity index (χ0) is 14.1. The molecule has 3 nitrogen and oxygen atoms in total. The number of fused-ring (bicyclic) bond motifs is 1. The Balaban J connectivity index is 2.06. The van der Waals surface area contributed by atoms with Gasteiger partial charge in [0.2, 0.25) is 5.69 Å². The fourth-order valence-electron chi connectivity index (χ4n) is 2.47. The van der Waals surface area contributed by atoms with Crippen LogP contribution in [0.5, 0.6) is 11.5 Å². The van der Waals surface area contributed by atoms with Crippen LogP contribution in [-0.4, -0.2) is 24.6 Å². The zero-order valence-corrected chi connectivity index (χ0v) is 12.0. The summed E-state index contributed by atoms with van der Waals surface area (Å²) in [5, 5.41) is 0. The Morgan fingerprint density at radius 1 is 1.15 bits per heavy atom. The fraction of sp³-hybridized carbons (Fsp3) is 0.235. The van der Waals surface area contributed by atoms with Gasteiger partial charge < -0.3 is 9.47 Å². The predicted octanol–water partition coefficient (Wildman–Crippen LogP) is 3.43. The Hall–Kier alpha value is -2.29. The molecular formula is C17H18NO2+. The van der Waals surface area contributed by atoms with Crippen LogP contribution in [0.3, 0.4) is 0 Å². The molecule has 0 aliphatic carbocycles. The lowest BCUT2D eigenvalue weighted by molar-refractivity contribution is -0.476. The van der Waals surface area contributed by atoms with Gasteiger partial charge in [-0.25, -0.2) is 0 Å². The molecule has 20 heavy (non-hydrogen) atoms. The van der Waals surface area contributed by atoms with Gasteiger partial charge in [0, 0.05) is 6.07 Å². The molecule has 0 amide bonds. The molecule has 0 bridgehead atoms. The summed E-state index contributed by atoms with van der Waals surface area (Å²) in [6.45, 7) is 4.65. The molecule has 2 aromatic carbocycles. The third-order valence-corrected chi connectivity index (χ3v) is 3.49. The maximum Gasteiger partial charge on any atom is 0.292 e. The Morgan fingerprint density at radius 2 is 2.00 bits per heavy atom. The number of rotatable bonds is 2. The monoisotopic (exact) mass is 268 g/mol. The number of aryl methyl sites for hydroxylation is 2. The summed E-state index contributed by atoms with van der Waals surface area (Å²) in [4.78, 5) is 0. The normalized spacial score (nSPS) is 13.2. The highest BCUT2D eigenvalue weighted by atomic mass is 16.5. The van der Waals surface area contributed by atoms with E-state index < -0.39 is 0 Å². The summed E-state index contributed by atoms with van der Waals surface area (Å²) in [5.41, 5.74) is 4.52. The Bertz CT molecular complexity index is 689. The minimum absolute atomic E-state index is 0.518. The number of ether oxygens (including phenoxy) is 2. The van der Waals surface area contributed by atoms with Crippen LogP contribution in [-0.2, 0) is 0 Å². The van der Waals surface area contributed by atoms with Crippen LogP contribution in [0.15, 0.2) is 36.4 Å². The Labute approximate surface area is 119 Å². The Kier molecular flexibility index (Phi) is 3.18. The van der Waals surface area contributed by atoms with Crippen molar-refractivity contribution in [2.24, 2.45) is 0 Å². The van der Waals surface area contributed by atoms with Crippen molar-refractivity contribution in [3.63, 3.8) is 0 Å². The first-order chi connectivity index (χ1) is 9.67. The molecule has 2 aromatic rings. The molecule has 0 atom stereocenters. The second-order valence-corrected chi connectivity index (χ2v) is 5.07. The number of para-hydroxylation sites is 1. The third kappa shape index (κ3) is 2.27. The first-order valence-electron chi connectivity index (χ1n) is 6.67. The van der Waals surface area contributed by atoms with E-state index in [-0.39, 0.29) is 0 Å².